The number of nitrogens with zero attached hydrogens (tertiary/aromatic N) is 14. The van der Waals surface area contributed by atoms with Gasteiger partial charge in [0, 0.05) is 76.5 Å². The fourth-order valence-electron chi connectivity index (χ4n) is 9.43. The lowest BCUT2D eigenvalue weighted by molar-refractivity contribution is 0.0600. The van der Waals surface area contributed by atoms with Crippen LogP contribution < -0.4 is 26.3 Å². The molecule has 0 atom stereocenters. The monoisotopic (exact) mass is 1540 g/mol. The van der Waals surface area contributed by atoms with E-state index in [-0.39, 0.29) is 57.6 Å². The van der Waals surface area contributed by atoms with E-state index >= 15 is 0 Å². The smallest absolute Gasteiger partial charge is 0.337 e. The van der Waals surface area contributed by atoms with Crippen LogP contribution in [0.25, 0.3) is 44.5 Å². The van der Waals surface area contributed by atoms with Crippen molar-refractivity contribution in [2.24, 2.45) is 0 Å². The fourth-order valence-corrected chi connectivity index (χ4v) is 12.0. The minimum atomic E-state index is -0.572. The number of hydrogen-bond acceptors (Lipinski definition) is 24. The first kappa shape index (κ1) is 81.9. The highest BCUT2D eigenvalue weighted by Crippen LogP contribution is 2.34. The minimum absolute atomic E-state index is 0. The zero-order valence-corrected chi connectivity index (χ0v) is 60.8. The van der Waals surface area contributed by atoms with E-state index in [1.807, 2.05) is 92.1 Å². The lowest BCUT2D eigenvalue weighted by Crippen LogP contribution is -2.19. The molecule has 0 unspecified atom stereocenters. The molecule has 0 radical (unpaired) electrons. The van der Waals surface area contributed by atoms with Crippen molar-refractivity contribution in [1.29, 1.82) is 0 Å². The van der Waals surface area contributed by atoms with Crippen LogP contribution in [0.15, 0.2) is 219 Å². The Kier molecular flexibility index (Phi) is 30.9. The molecule has 1 amide bonds. The number of nitrogen functional groups attached to an aromatic ring is 1. The van der Waals surface area contributed by atoms with Crippen molar-refractivity contribution in [3.05, 3.63) is 293 Å². The van der Waals surface area contributed by atoms with Gasteiger partial charge in [-0.1, -0.05) is 99.3 Å². The summed E-state index contributed by atoms with van der Waals surface area (Å²) in [5.41, 5.74) is 16.9. The number of amides is 1. The Hall–Kier alpha value is -11.4. The second kappa shape index (κ2) is 40.0. The van der Waals surface area contributed by atoms with Gasteiger partial charge in [0.25, 0.3) is 5.91 Å². The number of rotatable bonds is 16. The lowest BCUT2D eigenvalue weighted by Gasteiger charge is -2.21. The molecule has 31 heteroatoms. The molecule has 0 aliphatic heterocycles. The first-order chi connectivity index (χ1) is 49.8. The molecule has 14 aromatic rings. The summed E-state index contributed by atoms with van der Waals surface area (Å²) in [6, 6.07) is 54.3. The molecule has 5 N–H and O–H groups in total. The van der Waals surface area contributed by atoms with Gasteiger partial charge in [0.1, 0.15) is 69.2 Å². The van der Waals surface area contributed by atoms with Gasteiger partial charge in [-0.15, -0.1) is 0 Å². The Morgan fingerprint density at radius 3 is 1.18 bits per heavy atom. The van der Waals surface area contributed by atoms with Gasteiger partial charge < -0.3 is 15.8 Å². The lowest BCUT2D eigenvalue weighted by atomic mass is 10.1. The van der Waals surface area contributed by atoms with Crippen molar-refractivity contribution in [2.75, 3.05) is 28.0 Å². The number of hydroxylamine groups is 1. The number of nitrogens with two attached hydrogens (primary N) is 1. The van der Waals surface area contributed by atoms with Crippen molar-refractivity contribution in [2.45, 2.75) is 55.6 Å². The number of ether oxygens (including phenoxy) is 1. The third-order valence-electron chi connectivity index (χ3n) is 14.4. The summed E-state index contributed by atoms with van der Waals surface area (Å²) in [5, 5.41) is 15.0. The number of hydrogen-bond donors (Lipinski definition) is 4. The highest BCUT2D eigenvalue weighted by molar-refractivity contribution is 7.59. The van der Waals surface area contributed by atoms with Crippen LogP contribution in [0.1, 0.15) is 70.0 Å². The summed E-state index contributed by atoms with van der Waals surface area (Å²) in [6.45, 7) is 8.23. The number of pyridine rings is 4. The van der Waals surface area contributed by atoms with Crippen molar-refractivity contribution in [3.8, 4) is 44.5 Å². The predicted molar refractivity (Wildman–Crippen MR) is 419 cm³/mol. The molecule has 0 bridgehead atoms. The molecule has 8 heterocycles. The second-order valence-corrected chi connectivity index (χ2v) is 25.2. The molecule has 106 heavy (non-hydrogen) atoms. The first-order valence-electron chi connectivity index (χ1n) is 30.8. The maximum Gasteiger partial charge on any atom is 0.337 e. The second-order valence-electron chi connectivity index (χ2n) is 21.8. The highest BCUT2D eigenvalue weighted by Gasteiger charge is 2.20. The largest absolute Gasteiger partial charge is 0.465 e. The number of carbonyl (C=O) groups is 2. The molecule has 6 aromatic carbocycles. The van der Waals surface area contributed by atoms with Crippen LogP contribution >= 0.6 is 71.2 Å². The van der Waals surface area contributed by atoms with Crippen molar-refractivity contribution >= 4 is 121 Å². The van der Waals surface area contributed by atoms with Crippen molar-refractivity contribution < 1.29 is 37.1 Å². The number of carbonyl (C=O) groups excluding carboxylic acids is 2. The van der Waals surface area contributed by atoms with Gasteiger partial charge in [0.2, 0.25) is 15.4 Å². The van der Waals surface area contributed by atoms with E-state index in [0.717, 1.165) is 67.3 Å². The average Bonchev–Trinajstić information content (AvgIpc) is 0.909. The number of aromatic nitrogens is 12. The van der Waals surface area contributed by atoms with Gasteiger partial charge in [-0.2, -0.15) is 31.0 Å². The standard InChI is InChI=1S/C23H19FN4O2S.C22H18FN5O2S.C14H11FN4S.C11H7ClFN.C3H5N3S.2CH4.H2S/c1-15-26-23(31-27-15)28(14-16-3-5-18(6-4-16)22(29)30-2)21-13-19(11-12-25-21)17-7-9-20(24)10-8-17;1-14-25-22(31-27-14)28(13-15-2-4-17(5-3-15)21(29)26-30)20-12-18(10-11-24-20)16-6-8-19(23)9-7-16;1-9-17-14(20-19-9)18-13-8-11(6-7-16-13)10-2-4-12(15)5-3-10;12-11-7-9(5-6-14-11)8-1-3-10(13)4-2-8;1-2-5-3(4)7-6-2;;;/h3-13H,14H2,1-2H3;2-12,30H,13H2,1H3,(H,26,29);2-8H,1H3,(H,16,17,18,19);1-7H;1H3,(H2,4,5,6);2*1H4;1H2. The molecule has 8 aromatic heterocycles. The van der Waals surface area contributed by atoms with Gasteiger partial charge >= 0.3 is 5.97 Å². The number of anilines is 7. The van der Waals surface area contributed by atoms with Gasteiger partial charge in [-0.25, -0.2) is 67.7 Å². The van der Waals surface area contributed by atoms with Gasteiger partial charge in [-0.3, -0.25) is 19.8 Å². The molecule has 0 spiro atoms. The molecule has 544 valence electrons. The minimum Gasteiger partial charge on any atom is -0.465 e. The average molecular weight is 1550 g/mol. The third-order valence-corrected chi connectivity index (χ3v) is 17.6. The summed E-state index contributed by atoms with van der Waals surface area (Å²) in [7, 11) is 1.36. The van der Waals surface area contributed by atoms with E-state index in [2.05, 4.69) is 62.7 Å². The number of halogens is 5. The zero-order chi connectivity index (χ0) is 72.8. The molecular formula is C75H70ClF4N17O4S5. The Morgan fingerprint density at radius 2 is 0.830 bits per heavy atom. The zero-order valence-electron chi connectivity index (χ0n) is 55.7. The van der Waals surface area contributed by atoms with Crippen LogP contribution in [-0.4, -0.2) is 81.6 Å². The first-order valence-corrected chi connectivity index (χ1v) is 34.3. The summed E-state index contributed by atoms with van der Waals surface area (Å²) in [4.78, 5) is 61.4. The highest BCUT2D eigenvalue weighted by atomic mass is 35.5. The van der Waals surface area contributed by atoms with Crippen LogP contribution in [0.3, 0.4) is 0 Å². The van der Waals surface area contributed by atoms with Crippen LogP contribution in [0.5, 0.6) is 0 Å². The Balaban J connectivity index is 0.000000195. The van der Waals surface area contributed by atoms with Crippen LogP contribution in [0.2, 0.25) is 5.15 Å². The van der Waals surface area contributed by atoms with E-state index in [9.17, 15) is 27.2 Å². The van der Waals surface area contributed by atoms with Crippen molar-refractivity contribution in [3.63, 3.8) is 0 Å². The SMILES string of the molecule is C.C.COC(=O)c1ccc(CN(c2cc(-c3ccc(F)cc3)ccn2)c2nc(C)ns2)cc1.Cc1nsc(N(Cc2ccc(C(=O)NO)cc2)c2cc(-c3ccc(F)cc3)ccn2)n1.Cc1nsc(N)n1.Cc1nsc(Nc2cc(-c3ccc(F)cc3)ccn2)n1.Fc1ccc(-c2ccnc(Cl)c2)cc1.S. The quantitative estimate of drug-likeness (QED) is 0.0230. The Labute approximate surface area is 637 Å². The molecule has 0 saturated heterocycles. The number of nitrogens with one attached hydrogen (secondary N) is 2. The predicted octanol–water partition coefficient (Wildman–Crippen LogP) is 18.8. The van der Waals surface area contributed by atoms with Crippen molar-refractivity contribution in [1.82, 2.24) is 62.8 Å². The molecule has 0 fully saturated rings. The molecule has 0 aliphatic rings. The molecule has 0 aliphatic carbocycles. The number of aryl methyl sites for hydroxylation is 4. The van der Waals surface area contributed by atoms with E-state index in [0.29, 0.717) is 79.0 Å². The van der Waals surface area contributed by atoms with E-state index < -0.39 is 5.91 Å². The van der Waals surface area contributed by atoms with Gasteiger partial charge in [-0.05, 0) is 205 Å². The maximum absolute atomic E-state index is 13.3. The topological polar surface area (TPSA) is 275 Å². The number of methoxy groups -OCH3 is 1. The van der Waals surface area contributed by atoms with E-state index in [1.165, 1.54) is 102 Å². The fraction of sp³-hybridized carbons (Fsp3) is 0.120. The molecule has 0 saturated carbocycles. The maximum atomic E-state index is 13.3. The third kappa shape index (κ3) is 23.8. The normalized spacial score (nSPS) is 10.2. The van der Waals surface area contributed by atoms with Gasteiger partial charge in [0.05, 0.1) is 25.8 Å². The van der Waals surface area contributed by atoms with Crippen LogP contribution in [0.4, 0.5) is 55.5 Å². The molecule has 14 rings (SSSR count). The molecule has 21 nitrogen and oxygen atoms in total. The van der Waals surface area contributed by atoms with Crippen LogP contribution in [0, 0.1) is 51.0 Å². The summed E-state index contributed by atoms with van der Waals surface area (Å²) < 4.78 is 73.5. The van der Waals surface area contributed by atoms with Crippen LogP contribution in [-0.2, 0) is 17.8 Å². The van der Waals surface area contributed by atoms with E-state index in [1.54, 1.807) is 121 Å². The number of benzene rings is 6. The summed E-state index contributed by atoms with van der Waals surface area (Å²) in [5.74, 6) is 2.85. The molecular weight excluding hydrogens is 1470 g/mol. The van der Waals surface area contributed by atoms with Gasteiger partial charge in [0.15, 0.2) is 5.13 Å². The summed E-state index contributed by atoms with van der Waals surface area (Å²) in [6.07, 6.45) is 6.74. The Bertz CT molecular complexity index is 4880. The summed E-state index contributed by atoms with van der Waals surface area (Å²) >= 11 is 10.8. The number of esters is 1. The Morgan fingerprint density at radius 1 is 0.462 bits per heavy atom. The van der Waals surface area contributed by atoms with E-state index in [4.69, 9.17) is 27.3 Å².